The monoisotopic (exact) mass is 246 g/mol. The molecule has 0 atom stereocenters. The van der Waals surface area contributed by atoms with Gasteiger partial charge in [0.05, 0.1) is 11.0 Å². The van der Waals surface area contributed by atoms with Gasteiger partial charge in [-0.05, 0) is 39.0 Å². The molecule has 0 radical (unpaired) electrons. The van der Waals surface area contributed by atoms with Crippen LogP contribution in [0.4, 0.5) is 4.79 Å². The summed E-state index contributed by atoms with van der Waals surface area (Å²) in [5, 5.41) is 0. The standard InChI is InChI=1S/C13H14N2O3/c1-13(2,3)18-12(17)15-8-14-10-5-4-9(7-16)6-11(10)15/h4-8H,1-3H3. The Morgan fingerprint density at radius 2 is 2.11 bits per heavy atom. The minimum atomic E-state index is -0.573. The number of carbonyl (C=O) groups excluding carboxylic acids is 2. The lowest BCUT2D eigenvalue weighted by molar-refractivity contribution is 0.0543. The third kappa shape index (κ3) is 2.40. The number of fused-ring (bicyclic) bond motifs is 1. The van der Waals surface area contributed by atoms with Crippen LogP contribution < -0.4 is 0 Å². The summed E-state index contributed by atoms with van der Waals surface area (Å²) in [6, 6.07) is 4.96. The third-order valence-electron chi connectivity index (χ3n) is 2.30. The predicted molar refractivity (Wildman–Crippen MR) is 66.8 cm³/mol. The molecule has 0 aliphatic heterocycles. The number of ether oxygens (including phenoxy) is 1. The average molecular weight is 246 g/mol. The summed E-state index contributed by atoms with van der Waals surface area (Å²) in [6.45, 7) is 5.38. The van der Waals surface area contributed by atoms with E-state index in [0.717, 1.165) is 6.29 Å². The minimum absolute atomic E-state index is 0.493. The van der Waals surface area contributed by atoms with E-state index in [1.165, 1.54) is 10.9 Å². The molecule has 0 saturated heterocycles. The van der Waals surface area contributed by atoms with Crippen molar-refractivity contribution in [3.05, 3.63) is 30.1 Å². The van der Waals surface area contributed by atoms with Gasteiger partial charge in [0.2, 0.25) is 0 Å². The molecule has 18 heavy (non-hydrogen) atoms. The number of carbonyl (C=O) groups is 2. The van der Waals surface area contributed by atoms with Gasteiger partial charge in [0.25, 0.3) is 0 Å². The first-order valence-electron chi connectivity index (χ1n) is 5.56. The van der Waals surface area contributed by atoms with Gasteiger partial charge in [0.1, 0.15) is 18.2 Å². The van der Waals surface area contributed by atoms with Crippen LogP contribution in [-0.4, -0.2) is 27.5 Å². The molecule has 0 aliphatic rings. The smallest absolute Gasteiger partial charge is 0.420 e. The third-order valence-corrected chi connectivity index (χ3v) is 2.30. The number of hydrogen-bond donors (Lipinski definition) is 0. The molecule has 0 bridgehead atoms. The van der Waals surface area contributed by atoms with Gasteiger partial charge in [-0.3, -0.25) is 4.79 Å². The molecule has 5 heteroatoms. The zero-order valence-electron chi connectivity index (χ0n) is 10.5. The van der Waals surface area contributed by atoms with Gasteiger partial charge in [-0.25, -0.2) is 14.3 Å². The van der Waals surface area contributed by atoms with Crippen molar-refractivity contribution < 1.29 is 14.3 Å². The van der Waals surface area contributed by atoms with Crippen molar-refractivity contribution in [2.24, 2.45) is 0 Å². The fourth-order valence-electron chi connectivity index (χ4n) is 1.55. The van der Waals surface area contributed by atoms with Crippen LogP contribution in [0.15, 0.2) is 24.5 Å². The Hall–Kier alpha value is -2.17. The average Bonchev–Trinajstić information content (AvgIpc) is 2.69. The Kier molecular flexibility index (Phi) is 2.90. The number of aromatic nitrogens is 2. The first-order chi connectivity index (χ1) is 8.40. The van der Waals surface area contributed by atoms with E-state index in [1.54, 1.807) is 39.0 Å². The molecule has 2 aromatic rings. The van der Waals surface area contributed by atoms with Crippen molar-refractivity contribution in [2.45, 2.75) is 26.4 Å². The maximum atomic E-state index is 11.9. The lowest BCUT2D eigenvalue weighted by atomic mass is 10.2. The lowest BCUT2D eigenvalue weighted by Gasteiger charge is -2.19. The van der Waals surface area contributed by atoms with Gasteiger partial charge in [0, 0.05) is 5.56 Å². The van der Waals surface area contributed by atoms with Crippen LogP contribution in [0.2, 0.25) is 0 Å². The fraction of sp³-hybridized carbons (Fsp3) is 0.308. The van der Waals surface area contributed by atoms with Crippen molar-refractivity contribution in [3.8, 4) is 0 Å². The maximum Gasteiger partial charge on any atom is 0.420 e. The molecule has 5 nitrogen and oxygen atoms in total. The topological polar surface area (TPSA) is 61.2 Å². The van der Waals surface area contributed by atoms with Crippen LogP contribution in [-0.2, 0) is 4.74 Å². The van der Waals surface area contributed by atoms with Crippen molar-refractivity contribution in [3.63, 3.8) is 0 Å². The summed E-state index contributed by atoms with van der Waals surface area (Å²) in [5.41, 5.74) is 1.13. The van der Waals surface area contributed by atoms with Gasteiger partial charge in [-0.2, -0.15) is 0 Å². The predicted octanol–water partition coefficient (Wildman–Crippen LogP) is 2.63. The van der Waals surface area contributed by atoms with Gasteiger partial charge >= 0.3 is 6.09 Å². The summed E-state index contributed by atoms with van der Waals surface area (Å²) in [6.07, 6.45) is 1.62. The molecule has 0 amide bonds. The maximum absolute atomic E-state index is 11.9. The molecule has 0 saturated carbocycles. The number of nitrogens with zero attached hydrogens (tertiary/aromatic N) is 2. The first kappa shape index (κ1) is 12.3. The van der Waals surface area contributed by atoms with E-state index >= 15 is 0 Å². The molecule has 0 fully saturated rings. The van der Waals surface area contributed by atoms with E-state index in [0.29, 0.717) is 16.6 Å². The molecule has 0 unspecified atom stereocenters. The lowest BCUT2D eigenvalue weighted by Crippen LogP contribution is -2.26. The van der Waals surface area contributed by atoms with Crippen LogP contribution in [0.25, 0.3) is 11.0 Å². The number of benzene rings is 1. The Morgan fingerprint density at radius 1 is 1.39 bits per heavy atom. The molecule has 94 valence electrons. The number of imidazole rings is 1. The van der Waals surface area contributed by atoms with Crippen LogP contribution in [0, 0.1) is 0 Å². The van der Waals surface area contributed by atoms with E-state index in [1.807, 2.05) is 0 Å². The summed E-state index contributed by atoms with van der Waals surface area (Å²) < 4.78 is 6.56. The highest BCUT2D eigenvalue weighted by molar-refractivity contribution is 5.90. The highest BCUT2D eigenvalue weighted by atomic mass is 16.6. The van der Waals surface area contributed by atoms with E-state index in [4.69, 9.17) is 4.74 Å². The Bertz CT molecular complexity index is 608. The second-order valence-corrected chi connectivity index (χ2v) is 4.96. The molecule has 1 aromatic carbocycles. The van der Waals surface area contributed by atoms with Gasteiger partial charge in [0.15, 0.2) is 0 Å². The fourth-order valence-corrected chi connectivity index (χ4v) is 1.55. The van der Waals surface area contributed by atoms with E-state index in [2.05, 4.69) is 4.98 Å². The number of aldehydes is 1. The van der Waals surface area contributed by atoms with Gasteiger partial charge in [-0.15, -0.1) is 0 Å². The van der Waals surface area contributed by atoms with Gasteiger partial charge < -0.3 is 4.74 Å². The van der Waals surface area contributed by atoms with Crippen molar-refractivity contribution >= 4 is 23.4 Å². The number of hydrogen-bond acceptors (Lipinski definition) is 4. The minimum Gasteiger partial charge on any atom is -0.443 e. The molecular formula is C13H14N2O3. The van der Waals surface area contributed by atoms with Crippen LogP contribution in [0.1, 0.15) is 31.1 Å². The highest BCUT2D eigenvalue weighted by Crippen LogP contribution is 2.16. The van der Waals surface area contributed by atoms with Crippen LogP contribution >= 0.6 is 0 Å². The first-order valence-corrected chi connectivity index (χ1v) is 5.56. The van der Waals surface area contributed by atoms with Crippen molar-refractivity contribution in [1.29, 1.82) is 0 Å². The molecule has 0 aliphatic carbocycles. The summed E-state index contributed by atoms with van der Waals surface area (Å²) in [5.74, 6) is 0. The highest BCUT2D eigenvalue weighted by Gasteiger charge is 2.19. The van der Waals surface area contributed by atoms with Crippen molar-refractivity contribution in [2.75, 3.05) is 0 Å². The number of rotatable bonds is 1. The largest absolute Gasteiger partial charge is 0.443 e. The zero-order valence-corrected chi connectivity index (χ0v) is 10.5. The Labute approximate surface area is 104 Å². The normalized spacial score (nSPS) is 11.5. The molecule has 2 rings (SSSR count). The molecule has 1 heterocycles. The zero-order chi connectivity index (χ0) is 13.3. The van der Waals surface area contributed by atoms with Gasteiger partial charge in [-0.1, -0.05) is 0 Å². The summed E-state index contributed by atoms with van der Waals surface area (Å²) in [7, 11) is 0. The molecule has 1 aromatic heterocycles. The molecular weight excluding hydrogens is 232 g/mol. The SMILES string of the molecule is CC(C)(C)OC(=O)n1cnc2ccc(C=O)cc21. The summed E-state index contributed by atoms with van der Waals surface area (Å²) >= 11 is 0. The van der Waals surface area contributed by atoms with E-state index < -0.39 is 11.7 Å². The Morgan fingerprint density at radius 3 is 2.72 bits per heavy atom. The van der Waals surface area contributed by atoms with E-state index in [9.17, 15) is 9.59 Å². The molecule has 0 spiro atoms. The van der Waals surface area contributed by atoms with Crippen LogP contribution in [0.3, 0.4) is 0 Å². The van der Waals surface area contributed by atoms with Crippen molar-refractivity contribution in [1.82, 2.24) is 9.55 Å². The second-order valence-electron chi connectivity index (χ2n) is 4.96. The molecule has 0 N–H and O–H groups in total. The quantitative estimate of drug-likeness (QED) is 0.726. The Balaban J connectivity index is 2.45. The van der Waals surface area contributed by atoms with Crippen LogP contribution in [0.5, 0.6) is 0 Å². The summed E-state index contributed by atoms with van der Waals surface area (Å²) in [4.78, 5) is 26.8. The van der Waals surface area contributed by atoms with E-state index in [-0.39, 0.29) is 0 Å². The second kappa shape index (κ2) is 4.25.